The number of benzene rings is 2. The van der Waals surface area contributed by atoms with E-state index in [0.717, 1.165) is 15.2 Å². The third-order valence-electron chi connectivity index (χ3n) is 5.06. The fraction of sp³-hybridized carbons (Fsp3) is 0.227. The number of hydrogen-bond acceptors (Lipinski definition) is 4. The number of thiazole rings is 1. The zero-order chi connectivity index (χ0) is 20.4. The topological polar surface area (TPSA) is 50.3 Å². The summed E-state index contributed by atoms with van der Waals surface area (Å²) in [5.41, 5.74) is 1.51. The van der Waals surface area contributed by atoms with E-state index in [1.807, 2.05) is 24.3 Å². The van der Waals surface area contributed by atoms with Crippen molar-refractivity contribution in [3.63, 3.8) is 0 Å². The molecule has 7 heteroatoms. The molecule has 0 bridgehead atoms. The maximum absolute atomic E-state index is 12.7. The number of amides is 1. The molecule has 2 heterocycles. The quantitative estimate of drug-likeness (QED) is 0.380. The van der Waals surface area contributed by atoms with Gasteiger partial charge < -0.3 is 4.90 Å². The van der Waals surface area contributed by atoms with Gasteiger partial charge in [-0.05, 0) is 49.2 Å². The van der Waals surface area contributed by atoms with Gasteiger partial charge in [0, 0.05) is 30.6 Å². The summed E-state index contributed by atoms with van der Waals surface area (Å²) in [6.45, 7) is 1.11. The summed E-state index contributed by atoms with van der Waals surface area (Å²) in [4.78, 5) is 31.5. The van der Waals surface area contributed by atoms with E-state index >= 15 is 0 Å². The van der Waals surface area contributed by atoms with Crippen LogP contribution in [0.1, 0.15) is 28.2 Å². The third kappa shape index (κ3) is 4.53. The number of likely N-dealkylation sites (tertiary alicyclic amines) is 1. The van der Waals surface area contributed by atoms with E-state index in [4.69, 9.17) is 23.2 Å². The number of rotatable bonds is 4. The second-order valence-corrected chi connectivity index (χ2v) is 8.82. The fourth-order valence-electron chi connectivity index (χ4n) is 3.46. The third-order valence-corrected chi connectivity index (χ3v) is 6.80. The highest BCUT2D eigenvalue weighted by Gasteiger charge is 2.27. The second kappa shape index (κ2) is 8.66. The number of fused-ring (bicyclic) bond motifs is 1. The van der Waals surface area contributed by atoms with Crippen molar-refractivity contribution >= 4 is 62.5 Å². The number of piperidine rings is 1. The van der Waals surface area contributed by atoms with Crippen LogP contribution in [0.25, 0.3) is 16.3 Å². The minimum absolute atomic E-state index is 0.0512. The van der Waals surface area contributed by atoms with Gasteiger partial charge in [-0.25, -0.2) is 4.98 Å². The average molecular weight is 445 g/mol. The lowest BCUT2D eigenvalue weighted by molar-refractivity contribution is -0.127. The molecule has 1 aromatic heterocycles. The van der Waals surface area contributed by atoms with E-state index in [1.165, 1.54) is 0 Å². The van der Waals surface area contributed by atoms with Crippen LogP contribution < -0.4 is 0 Å². The highest BCUT2D eigenvalue weighted by molar-refractivity contribution is 7.19. The van der Waals surface area contributed by atoms with E-state index in [0.29, 0.717) is 41.5 Å². The molecule has 0 saturated carbocycles. The Morgan fingerprint density at radius 1 is 1.07 bits per heavy atom. The summed E-state index contributed by atoms with van der Waals surface area (Å²) in [6, 6.07) is 12.9. The van der Waals surface area contributed by atoms with Crippen LogP contribution in [0, 0.1) is 5.92 Å². The molecule has 3 aromatic rings. The minimum Gasteiger partial charge on any atom is -0.339 e. The van der Waals surface area contributed by atoms with Crippen LogP contribution in [0.5, 0.6) is 0 Å². The molecule has 29 heavy (non-hydrogen) atoms. The molecule has 0 N–H and O–H groups in total. The van der Waals surface area contributed by atoms with Crippen molar-refractivity contribution in [2.45, 2.75) is 12.8 Å². The van der Waals surface area contributed by atoms with Crippen LogP contribution in [-0.4, -0.2) is 34.7 Å². The molecule has 1 fully saturated rings. The van der Waals surface area contributed by atoms with Crippen molar-refractivity contribution in [1.82, 2.24) is 9.88 Å². The van der Waals surface area contributed by atoms with Gasteiger partial charge in [-0.15, -0.1) is 11.3 Å². The Balaban J connectivity index is 1.35. The Labute approximate surface area is 182 Å². The molecule has 1 saturated heterocycles. The number of ketones is 1. The molecule has 1 aliphatic heterocycles. The molecule has 0 unspecified atom stereocenters. The van der Waals surface area contributed by atoms with Crippen LogP contribution in [0.2, 0.25) is 10.0 Å². The molecule has 0 atom stereocenters. The van der Waals surface area contributed by atoms with Gasteiger partial charge in [-0.3, -0.25) is 9.59 Å². The van der Waals surface area contributed by atoms with Gasteiger partial charge in [-0.1, -0.05) is 35.3 Å². The summed E-state index contributed by atoms with van der Waals surface area (Å²) < 4.78 is 1.10. The summed E-state index contributed by atoms with van der Waals surface area (Å²) in [7, 11) is 0. The lowest BCUT2D eigenvalue weighted by Crippen LogP contribution is -2.39. The van der Waals surface area contributed by atoms with E-state index in [9.17, 15) is 9.59 Å². The molecular formula is C22H18Cl2N2O2S. The van der Waals surface area contributed by atoms with Crippen molar-refractivity contribution in [3.8, 4) is 0 Å². The number of carbonyl (C=O) groups is 2. The molecule has 0 radical (unpaired) electrons. The monoisotopic (exact) mass is 444 g/mol. The van der Waals surface area contributed by atoms with E-state index in [2.05, 4.69) is 4.98 Å². The van der Waals surface area contributed by atoms with Gasteiger partial charge in [0.15, 0.2) is 5.78 Å². The largest absolute Gasteiger partial charge is 0.339 e. The first kappa shape index (κ1) is 20.1. The van der Waals surface area contributed by atoms with Gasteiger partial charge in [0.1, 0.15) is 5.01 Å². The molecule has 2 aromatic carbocycles. The normalized spacial score (nSPS) is 15.3. The molecule has 1 amide bonds. The number of halogens is 2. The highest BCUT2D eigenvalue weighted by atomic mass is 35.5. The number of nitrogens with zero attached hydrogens (tertiary/aromatic N) is 2. The van der Waals surface area contributed by atoms with Gasteiger partial charge >= 0.3 is 0 Å². The molecule has 4 nitrogen and oxygen atoms in total. The van der Waals surface area contributed by atoms with Crippen molar-refractivity contribution in [1.29, 1.82) is 0 Å². The van der Waals surface area contributed by atoms with E-state index in [-0.39, 0.29) is 17.6 Å². The van der Waals surface area contributed by atoms with Crippen LogP contribution in [-0.2, 0) is 4.79 Å². The smallest absolute Gasteiger partial charge is 0.246 e. The Hall–Kier alpha value is -2.21. The maximum Gasteiger partial charge on any atom is 0.246 e. The summed E-state index contributed by atoms with van der Waals surface area (Å²) >= 11 is 13.5. The predicted molar refractivity (Wildman–Crippen MR) is 119 cm³/mol. The zero-order valence-corrected chi connectivity index (χ0v) is 17.8. The standard InChI is InChI=1S/C22H18Cl2N2O2S/c23-16-6-5-15(13-17(16)24)22(28)14-9-11-26(12-10-14)21(27)8-7-20-25-18-3-1-2-4-19(18)29-20/h1-8,13-14H,9-12H2/b8-7+. The minimum atomic E-state index is -0.107. The summed E-state index contributed by atoms with van der Waals surface area (Å²) in [5, 5.41) is 1.62. The van der Waals surface area contributed by atoms with Gasteiger partial charge in [0.05, 0.1) is 20.3 Å². The number of hydrogen-bond donors (Lipinski definition) is 0. The van der Waals surface area contributed by atoms with Crippen molar-refractivity contribution < 1.29 is 9.59 Å². The SMILES string of the molecule is O=C(c1ccc(Cl)c(Cl)c1)C1CCN(C(=O)/C=C/c2nc3ccccc3s2)CC1. The second-order valence-electron chi connectivity index (χ2n) is 6.95. The number of aromatic nitrogens is 1. The van der Waals surface area contributed by atoms with Crippen LogP contribution in [0.4, 0.5) is 0 Å². The molecule has 4 rings (SSSR count). The first-order chi connectivity index (χ1) is 14.0. The lowest BCUT2D eigenvalue weighted by atomic mass is 9.89. The van der Waals surface area contributed by atoms with E-state index < -0.39 is 0 Å². The van der Waals surface area contributed by atoms with Crippen molar-refractivity contribution in [2.24, 2.45) is 5.92 Å². The highest BCUT2D eigenvalue weighted by Crippen LogP contribution is 2.27. The van der Waals surface area contributed by atoms with Crippen molar-refractivity contribution in [3.05, 3.63) is 69.2 Å². The Morgan fingerprint density at radius 2 is 1.83 bits per heavy atom. The van der Waals surface area contributed by atoms with E-state index in [1.54, 1.807) is 46.6 Å². The Morgan fingerprint density at radius 3 is 2.55 bits per heavy atom. The fourth-order valence-corrected chi connectivity index (χ4v) is 4.62. The van der Waals surface area contributed by atoms with Crippen LogP contribution in [0.3, 0.4) is 0 Å². The number of para-hydroxylation sites is 1. The molecule has 148 valence electrons. The number of carbonyl (C=O) groups excluding carboxylic acids is 2. The van der Waals surface area contributed by atoms with Gasteiger partial charge in [0.2, 0.25) is 5.91 Å². The first-order valence-electron chi connectivity index (χ1n) is 9.33. The Bertz CT molecular complexity index is 1070. The lowest BCUT2D eigenvalue weighted by Gasteiger charge is -2.30. The van der Waals surface area contributed by atoms with Crippen LogP contribution in [0.15, 0.2) is 48.5 Å². The van der Waals surface area contributed by atoms with Gasteiger partial charge in [0.25, 0.3) is 0 Å². The number of Topliss-reactive ketones (excluding diaryl/α,β-unsaturated/α-hetero) is 1. The maximum atomic E-state index is 12.7. The molecule has 0 aliphatic carbocycles. The Kier molecular flexibility index (Phi) is 5.99. The molecule has 1 aliphatic rings. The van der Waals surface area contributed by atoms with Gasteiger partial charge in [-0.2, -0.15) is 0 Å². The average Bonchev–Trinajstić information content (AvgIpc) is 3.16. The molecule has 0 spiro atoms. The predicted octanol–water partition coefficient (Wildman–Crippen LogP) is 5.74. The first-order valence-corrected chi connectivity index (χ1v) is 10.9. The zero-order valence-electron chi connectivity index (χ0n) is 15.5. The molecular weight excluding hydrogens is 427 g/mol. The van der Waals surface area contributed by atoms with Crippen molar-refractivity contribution in [2.75, 3.05) is 13.1 Å². The summed E-state index contributed by atoms with van der Waals surface area (Å²) in [6.07, 6.45) is 4.61. The van der Waals surface area contributed by atoms with Crippen LogP contribution >= 0.6 is 34.5 Å². The summed E-state index contributed by atoms with van der Waals surface area (Å²) in [5.74, 6) is -0.102.